The average Bonchev–Trinajstić information content (AvgIpc) is 2.37. The minimum absolute atomic E-state index is 0.340. The lowest BCUT2D eigenvalue weighted by Gasteiger charge is -2.39. The average molecular weight is 279 g/mol. The molecule has 0 spiro atoms. The van der Waals surface area contributed by atoms with Gasteiger partial charge in [-0.25, -0.2) is 0 Å². The van der Waals surface area contributed by atoms with Gasteiger partial charge in [-0.1, -0.05) is 6.92 Å². The fraction of sp³-hybridized carbons (Fsp3) is 0.941. The Balaban J connectivity index is 2.56. The van der Waals surface area contributed by atoms with Crippen molar-refractivity contribution in [1.82, 2.24) is 10.2 Å². The molecule has 0 aliphatic heterocycles. The molecule has 3 nitrogen and oxygen atoms in total. The fourth-order valence-corrected chi connectivity index (χ4v) is 3.52. The molecule has 116 valence electrons. The van der Waals surface area contributed by atoms with Crippen molar-refractivity contribution in [2.75, 3.05) is 7.05 Å². The molecule has 2 atom stereocenters. The lowest BCUT2D eigenvalue weighted by Crippen LogP contribution is -2.51. The van der Waals surface area contributed by atoms with Crippen molar-refractivity contribution in [2.45, 2.75) is 90.4 Å². The molecule has 1 N–H and O–H groups in total. The van der Waals surface area contributed by atoms with E-state index in [1.807, 2.05) is 6.92 Å². The second-order valence-corrected chi connectivity index (χ2v) is 7.38. The van der Waals surface area contributed by atoms with E-state index in [2.05, 4.69) is 51.0 Å². The van der Waals surface area contributed by atoms with Crippen LogP contribution in [0.3, 0.4) is 0 Å². The number of nitrogens with one attached hydrogen (secondary N) is 1. The summed E-state index contributed by atoms with van der Waals surface area (Å²) in [6.45, 7) is 10.9. The zero-order valence-corrected chi connectivity index (χ0v) is 14.2. The molecule has 1 fully saturated rings. The lowest BCUT2D eigenvalue weighted by molar-refractivity contribution is 0.113. The van der Waals surface area contributed by atoms with E-state index in [4.69, 9.17) is 0 Å². The maximum atomic E-state index is 9.48. The van der Waals surface area contributed by atoms with E-state index in [0.29, 0.717) is 18.1 Å². The van der Waals surface area contributed by atoms with E-state index in [9.17, 15) is 5.26 Å². The first-order valence-electron chi connectivity index (χ1n) is 8.18. The molecule has 20 heavy (non-hydrogen) atoms. The van der Waals surface area contributed by atoms with Gasteiger partial charge in [0, 0.05) is 18.1 Å². The summed E-state index contributed by atoms with van der Waals surface area (Å²) in [6.07, 6.45) is 6.19. The van der Waals surface area contributed by atoms with Gasteiger partial charge in [0.1, 0.15) is 5.54 Å². The second kappa shape index (κ2) is 7.43. The summed E-state index contributed by atoms with van der Waals surface area (Å²) in [5.41, 5.74) is -0.427. The standard InChI is InChI=1S/C17H33N3/c1-13(2)19-17(5,12-18)11-15(4)20(6)16-9-7-14(3)8-10-16/h13-16,19H,7-11H2,1-6H3. The van der Waals surface area contributed by atoms with Crippen molar-refractivity contribution in [1.29, 1.82) is 5.26 Å². The molecule has 3 heteroatoms. The van der Waals surface area contributed by atoms with Crippen LogP contribution in [0.5, 0.6) is 0 Å². The van der Waals surface area contributed by atoms with E-state index in [1.165, 1.54) is 25.7 Å². The van der Waals surface area contributed by atoms with Crippen LogP contribution in [-0.4, -0.2) is 35.6 Å². The van der Waals surface area contributed by atoms with Gasteiger partial charge < -0.3 is 4.90 Å². The van der Waals surface area contributed by atoms with Crippen molar-refractivity contribution in [3.05, 3.63) is 0 Å². The molecule has 0 saturated heterocycles. The van der Waals surface area contributed by atoms with Gasteiger partial charge >= 0.3 is 0 Å². The van der Waals surface area contributed by atoms with E-state index < -0.39 is 5.54 Å². The lowest BCUT2D eigenvalue weighted by atomic mass is 9.85. The molecule has 0 heterocycles. The minimum atomic E-state index is -0.427. The summed E-state index contributed by atoms with van der Waals surface area (Å²) >= 11 is 0. The zero-order chi connectivity index (χ0) is 15.3. The molecular weight excluding hydrogens is 246 g/mol. The van der Waals surface area contributed by atoms with Crippen LogP contribution in [0.1, 0.15) is 66.7 Å². The Labute approximate surface area is 125 Å². The first-order chi connectivity index (χ1) is 9.27. The highest BCUT2D eigenvalue weighted by Gasteiger charge is 2.31. The Kier molecular flexibility index (Phi) is 6.48. The molecule has 0 radical (unpaired) electrons. The van der Waals surface area contributed by atoms with Crippen LogP contribution >= 0.6 is 0 Å². The molecule has 1 saturated carbocycles. The Morgan fingerprint density at radius 2 is 1.80 bits per heavy atom. The number of nitrogens with zero attached hydrogens (tertiary/aromatic N) is 2. The highest BCUT2D eigenvalue weighted by atomic mass is 15.2. The fourth-order valence-electron chi connectivity index (χ4n) is 3.52. The van der Waals surface area contributed by atoms with Crippen LogP contribution in [0.25, 0.3) is 0 Å². The van der Waals surface area contributed by atoms with Crippen LogP contribution < -0.4 is 5.32 Å². The van der Waals surface area contributed by atoms with E-state index >= 15 is 0 Å². The summed E-state index contributed by atoms with van der Waals surface area (Å²) in [7, 11) is 2.23. The molecule has 0 aromatic carbocycles. The third-order valence-corrected chi connectivity index (χ3v) is 4.81. The number of hydrogen-bond donors (Lipinski definition) is 1. The van der Waals surface area contributed by atoms with E-state index in [0.717, 1.165) is 12.3 Å². The Morgan fingerprint density at radius 1 is 1.25 bits per heavy atom. The summed E-state index contributed by atoms with van der Waals surface area (Å²) in [5, 5.41) is 12.9. The van der Waals surface area contributed by atoms with E-state index in [-0.39, 0.29) is 0 Å². The van der Waals surface area contributed by atoms with Crippen LogP contribution in [0, 0.1) is 17.2 Å². The number of hydrogen-bond acceptors (Lipinski definition) is 3. The first kappa shape index (κ1) is 17.5. The van der Waals surface area contributed by atoms with Gasteiger partial charge in [0.2, 0.25) is 0 Å². The SMILES string of the molecule is CC1CCC(N(C)C(C)CC(C)(C#N)NC(C)C)CC1. The summed E-state index contributed by atoms with van der Waals surface area (Å²) in [5.74, 6) is 0.891. The maximum Gasteiger partial charge on any atom is 0.105 e. The first-order valence-corrected chi connectivity index (χ1v) is 8.18. The van der Waals surface area contributed by atoms with Crippen molar-refractivity contribution in [3.8, 4) is 6.07 Å². The van der Waals surface area contributed by atoms with Crippen LogP contribution in [0.4, 0.5) is 0 Å². The second-order valence-electron chi connectivity index (χ2n) is 7.38. The van der Waals surface area contributed by atoms with Crippen LogP contribution in [-0.2, 0) is 0 Å². The van der Waals surface area contributed by atoms with Gasteiger partial charge in [-0.15, -0.1) is 0 Å². The van der Waals surface area contributed by atoms with Gasteiger partial charge in [-0.05, 0) is 72.8 Å². The molecule has 1 aliphatic carbocycles. The summed E-state index contributed by atoms with van der Waals surface area (Å²) in [6, 6.07) is 3.94. The summed E-state index contributed by atoms with van der Waals surface area (Å²) in [4.78, 5) is 2.50. The molecular formula is C17H33N3. The largest absolute Gasteiger partial charge is 0.301 e. The third kappa shape index (κ3) is 5.07. The van der Waals surface area contributed by atoms with Gasteiger partial charge in [0.25, 0.3) is 0 Å². The van der Waals surface area contributed by atoms with Gasteiger partial charge in [0.15, 0.2) is 0 Å². The number of nitriles is 1. The Hall–Kier alpha value is -0.590. The molecule has 0 amide bonds. The number of rotatable bonds is 6. The third-order valence-electron chi connectivity index (χ3n) is 4.81. The summed E-state index contributed by atoms with van der Waals surface area (Å²) < 4.78 is 0. The quantitative estimate of drug-likeness (QED) is 0.808. The van der Waals surface area contributed by atoms with E-state index in [1.54, 1.807) is 0 Å². The van der Waals surface area contributed by atoms with Crippen LogP contribution in [0.2, 0.25) is 0 Å². The molecule has 0 bridgehead atoms. The Morgan fingerprint density at radius 3 is 2.25 bits per heavy atom. The zero-order valence-electron chi connectivity index (χ0n) is 14.2. The van der Waals surface area contributed by atoms with Crippen LogP contribution in [0.15, 0.2) is 0 Å². The molecule has 1 rings (SSSR count). The smallest absolute Gasteiger partial charge is 0.105 e. The topological polar surface area (TPSA) is 39.1 Å². The molecule has 1 aliphatic rings. The van der Waals surface area contributed by atoms with Gasteiger partial charge in [-0.3, -0.25) is 5.32 Å². The van der Waals surface area contributed by atoms with Crippen molar-refractivity contribution >= 4 is 0 Å². The van der Waals surface area contributed by atoms with Crippen molar-refractivity contribution in [3.63, 3.8) is 0 Å². The van der Waals surface area contributed by atoms with Crippen molar-refractivity contribution < 1.29 is 0 Å². The highest BCUT2D eigenvalue weighted by Crippen LogP contribution is 2.28. The molecule has 2 unspecified atom stereocenters. The van der Waals surface area contributed by atoms with Gasteiger partial charge in [-0.2, -0.15) is 5.26 Å². The molecule has 0 aromatic rings. The predicted octanol–water partition coefficient (Wildman–Crippen LogP) is 3.56. The van der Waals surface area contributed by atoms with Crippen molar-refractivity contribution in [2.24, 2.45) is 5.92 Å². The normalized spacial score (nSPS) is 28.1. The van der Waals surface area contributed by atoms with Gasteiger partial charge in [0.05, 0.1) is 6.07 Å². The monoisotopic (exact) mass is 279 g/mol. The minimum Gasteiger partial charge on any atom is -0.301 e. The Bertz CT molecular complexity index is 326. The maximum absolute atomic E-state index is 9.48. The molecule has 0 aromatic heterocycles. The predicted molar refractivity (Wildman–Crippen MR) is 85.6 cm³/mol. The highest BCUT2D eigenvalue weighted by molar-refractivity contribution is 5.06.